The van der Waals surface area contributed by atoms with Crippen LogP contribution in [0.1, 0.15) is 18.4 Å². The van der Waals surface area contributed by atoms with Crippen LogP contribution >= 0.6 is 0 Å². The third-order valence-electron chi connectivity index (χ3n) is 5.99. The number of nitrogens with zero attached hydrogens (tertiary/aromatic N) is 1. The van der Waals surface area contributed by atoms with Crippen molar-refractivity contribution in [1.29, 1.82) is 0 Å². The molecule has 0 radical (unpaired) electrons. The highest BCUT2D eigenvalue weighted by atomic mass is 16.5. The van der Waals surface area contributed by atoms with Crippen LogP contribution in [-0.2, 0) is 5.60 Å². The minimum Gasteiger partial charge on any atom is -0.497 e. The molecular weight excluding hydrogens is 356 g/mol. The van der Waals surface area contributed by atoms with Crippen molar-refractivity contribution in [1.82, 2.24) is 4.90 Å². The summed E-state index contributed by atoms with van der Waals surface area (Å²) in [5.74, 6) is 2.06. The molecule has 2 fully saturated rings. The van der Waals surface area contributed by atoms with Gasteiger partial charge >= 0.3 is 6.03 Å². The van der Waals surface area contributed by atoms with E-state index in [1.54, 1.807) is 20.3 Å². The topological polar surface area (TPSA) is 71.0 Å². The molecule has 1 heterocycles. The molecule has 0 aromatic heterocycles. The van der Waals surface area contributed by atoms with E-state index in [4.69, 9.17) is 9.47 Å². The molecule has 1 saturated carbocycles. The molecule has 0 spiro atoms. The zero-order valence-electron chi connectivity index (χ0n) is 16.2. The number of methoxy groups -OCH3 is 2. The summed E-state index contributed by atoms with van der Waals surface area (Å²) >= 11 is 0. The van der Waals surface area contributed by atoms with Gasteiger partial charge < -0.3 is 24.8 Å². The van der Waals surface area contributed by atoms with E-state index in [-0.39, 0.29) is 6.03 Å². The van der Waals surface area contributed by atoms with E-state index in [0.717, 1.165) is 11.3 Å². The Balaban J connectivity index is 1.40. The lowest BCUT2D eigenvalue weighted by Crippen LogP contribution is -2.35. The van der Waals surface area contributed by atoms with Gasteiger partial charge in [0.25, 0.3) is 0 Å². The first-order chi connectivity index (χ1) is 13.5. The molecule has 0 bridgehead atoms. The summed E-state index contributed by atoms with van der Waals surface area (Å²) in [5.41, 5.74) is 0.766. The molecule has 2 N–H and O–H groups in total. The number of nitrogens with one attached hydrogen (secondary N) is 1. The second-order valence-electron chi connectivity index (χ2n) is 7.76. The SMILES string of the molecule is COc1cccc(NC(=O)N2C[C@@H]3CC(O)(c4cccc(OC)c4)C[C@@H]3C2)c1. The van der Waals surface area contributed by atoms with Gasteiger partial charge in [0, 0.05) is 24.8 Å². The lowest BCUT2D eigenvalue weighted by Gasteiger charge is -2.27. The van der Waals surface area contributed by atoms with Gasteiger partial charge in [-0.25, -0.2) is 4.79 Å². The number of anilines is 1. The fourth-order valence-electron chi connectivity index (χ4n) is 4.57. The highest BCUT2D eigenvalue weighted by Gasteiger charge is 2.50. The highest BCUT2D eigenvalue weighted by molar-refractivity contribution is 5.89. The van der Waals surface area contributed by atoms with Gasteiger partial charge in [0.05, 0.1) is 19.8 Å². The number of fused-ring (bicyclic) bond motifs is 1. The quantitative estimate of drug-likeness (QED) is 0.850. The maximum atomic E-state index is 12.7. The lowest BCUT2D eigenvalue weighted by molar-refractivity contribution is 0.0326. The number of carbonyl (C=O) groups is 1. The van der Waals surface area contributed by atoms with Crippen LogP contribution in [0.5, 0.6) is 11.5 Å². The minimum absolute atomic E-state index is 0.104. The van der Waals surface area contributed by atoms with Crippen LogP contribution in [0.2, 0.25) is 0 Å². The number of benzene rings is 2. The zero-order valence-corrected chi connectivity index (χ0v) is 16.2. The van der Waals surface area contributed by atoms with E-state index in [1.807, 2.05) is 47.4 Å². The number of likely N-dealkylation sites (tertiary alicyclic amines) is 1. The predicted molar refractivity (Wildman–Crippen MR) is 107 cm³/mol. The van der Waals surface area contributed by atoms with Crippen molar-refractivity contribution in [3.8, 4) is 11.5 Å². The number of urea groups is 1. The van der Waals surface area contributed by atoms with E-state index in [9.17, 15) is 9.90 Å². The summed E-state index contributed by atoms with van der Waals surface area (Å²) < 4.78 is 10.5. The smallest absolute Gasteiger partial charge is 0.321 e. The van der Waals surface area contributed by atoms with Gasteiger partial charge in [0.15, 0.2) is 0 Å². The summed E-state index contributed by atoms with van der Waals surface area (Å²) in [5, 5.41) is 14.2. The van der Waals surface area contributed by atoms with Crippen LogP contribution in [0.25, 0.3) is 0 Å². The van der Waals surface area contributed by atoms with Crippen molar-refractivity contribution in [3.05, 3.63) is 54.1 Å². The summed E-state index contributed by atoms with van der Waals surface area (Å²) in [4.78, 5) is 14.5. The predicted octanol–water partition coefficient (Wildman–Crippen LogP) is 3.47. The van der Waals surface area contributed by atoms with Crippen LogP contribution in [0.4, 0.5) is 10.5 Å². The van der Waals surface area contributed by atoms with E-state index in [2.05, 4.69) is 5.32 Å². The Morgan fingerprint density at radius 3 is 2.29 bits per heavy atom. The molecule has 1 unspecified atom stereocenters. The molecular formula is C22H26N2O4. The van der Waals surface area contributed by atoms with Crippen LogP contribution in [0, 0.1) is 11.8 Å². The summed E-state index contributed by atoms with van der Waals surface area (Å²) in [7, 11) is 3.23. The first kappa shape index (κ1) is 18.6. The number of ether oxygens (including phenoxy) is 2. The minimum atomic E-state index is -0.848. The van der Waals surface area contributed by atoms with Crippen molar-refractivity contribution < 1.29 is 19.4 Å². The van der Waals surface area contributed by atoms with Gasteiger partial charge in [0.2, 0.25) is 0 Å². The normalized spacial score (nSPS) is 26.0. The van der Waals surface area contributed by atoms with Gasteiger partial charge in [-0.15, -0.1) is 0 Å². The van der Waals surface area contributed by atoms with Gasteiger partial charge in [-0.3, -0.25) is 0 Å². The first-order valence-corrected chi connectivity index (χ1v) is 9.57. The van der Waals surface area contributed by atoms with E-state index in [1.165, 1.54) is 0 Å². The molecule has 2 aromatic carbocycles. The fourth-order valence-corrected chi connectivity index (χ4v) is 4.57. The highest BCUT2D eigenvalue weighted by Crippen LogP contribution is 2.49. The van der Waals surface area contributed by atoms with Crippen LogP contribution in [0.3, 0.4) is 0 Å². The average Bonchev–Trinajstić information content (AvgIpc) is 3.24. The molecule has 148 valence electrons. The fraction of sp³-hybridized carbons (Fsp3) is 0.409. The molecule has 6 heteroatoms. The Kier molecular flexibility index (Phi) is 4.89. The number of amides is 2. The Morgan fingerprint density at radius 2 is 1.64 bits per heavy atom. The maximum Gasteiger partial charge on any atom is 0.321 e. The zero-order chi connectivity index (χ0) is 19.7. The van der Waals surface area contributed by atoms with Crippen LogP contribution < -0.4 is 14.8 Å². The van der Waals surface area contributed by atoms with Crippen molar-refractivity contribution in [2.75, 3.05) is 32.6 Å². The van der Waals surface area contributed by atoms with E-state index < -0.39 is 5.60 Å². The number of aliphatic hydroxyl groups is 1. The Morgan fingerprint density at radius 1 is 1.04 bits per heavy atom. The molecule has 2 aliphatic rings. The van der Waals surface area contributed by atoms with Gasteiger partial charge in [-0.05, 0) is 54.5 Å². The molecule has 1 aliphatic heterocycles. The van der Waals surface area contributed by atoms with Gasteiger partial charge in [0.1, 0.15) is 11.5 Å². The third kappa shape index (κ3) is 3.52. The van der Waals surface area contributed by atoms with E-state index >= 15 is 0 Å². The molecule has 2 amide bonds. The largest absolute Gasteiger partial charge is 0.497 e. The number of hydrogen-bond donors (Lipinski definition) is 2. The average molecular weight is 382 g/mol. The number of rotatable bonds is 4. The Hall–Kier alpha value is -2.73. The molecule has 1 aliphatic carbocycles. The summed E-state index contributed by atoms with van der Waals surface area (Å²) in [6, 6.07) is 14.9. The standard InChI is InChI=1S/C22H26N2O4/c1-27-19-7-3-5-17(9-19)22(26)11-15-13-24(14-16(15)12-22)21(25)23-18-6-4-8-20(10-18)28-2/h3-10,15-16,26H,11-14H2,1-2H3,(H,23,25)/t15-,16+,22?. The molecule has 3 atom stereocenters. The molecule has 1 saturated heterocycles. The van der Waals surface area contributed by atoms with Crippen LogP contribution in [0.15, 0.2) is 48.5 Å². The van der Waals surface area contributed by atoms with Crippen molar-refractivity contribution >= 4 is 11.7 Å². The molecule has 28 heavy (non-hydrogen) atoms. The molecule has 2 aromatic rings. The Labute approximate surface area is 165 Å². The summed E-state index contributed by atoms with van der Waals surface area (Å²) in [6.07, 6.45) is 1.32. The second kappa shape index (κ2) is 7.36. The first-order valence-electron chi connectivity index (χ1n) is 9.57. The number of carbonyl (C=O) groups excluding carboxylic acids is 1. The van der Waals surface area contributed by atoms with Gasteiger partial charge in [-0.1, -0.05) is 18.2 Å². The monoisotopic (exact) mass is 382 g/mol. The Bertz CT molecular complexity index is 855. The van der Waals surface area contributed by atoms with Crippen molar-refractivity contribution in [3.63, 3.8) is 0 Å². The third-order valence-corrected chi connectivity index (χ3v) is 5.99. The van der Waals surface area contributed by atoms with E-state index in [0.29, 0.717) is 49.2 Å². The summed E-state index contributed by atoms with van der Waals surface area (Å²) in [6.45, 7) is 1.32. The second-order valence-corrected chi connectivity index (χ2v) is 7.76. The van der Waals surface area contributed by atoms with Crippen molar-refractivity contribution in [2.24, 2.45) is 11.8 Å². The van der Waals surface area contributed by atoms with Crippen LogP contribution in [-0.4, -0.2) is 43.3 Å². The van der Waals surface area contributed by atoms with Crippen molar-refractivity contribution in [2.45, 2.75) is 18.4 Å². The number of hydrogen-bond acceptors (Lipinski definition) is 4. The maximum absolute atomic E-state index is 12.7. The van der Waals surface area contributed by atoms with Gasteiger partial charge in [-0.2, -0.15) is 0 Å². The molecule has 6 nitrogen and oxygen atoms in total. The lowest BCUT2D eigenvalue weighted by atomic mass is 9.90. The molecule has 4 rings (SSSR count).